The van der Waals surface area contributed by atoms with Crippen molar-refractivity contribution in [2.45, 2.75) is 32.3 Å². The summed E-state index contributed by atoms with van der Waals surface area (Å²) in [5.74, 6) is -0.0258. The molecule has 1 unspecified atom stereocenters. The van der Waals surface area contributed by atoms with Gasteiger partial charge in [0.05, 0.1) is 0 Å². The molecule has 2 N–H and O–H groups in total. The first kappa shape index (κ1) is 14.0. The number of hydrogen-bond acceptors (Lipinski definition) is 2. The molecule has 1 amide bonds. The lowest BCUT2D eigenvalue weighted by Gasteiger charge is -2.41. The SMILES string of the molecule is CC(=O)N[N+]1(CC(O)c2ccccc2)CCCCC1. The summed E-state index contributed by atoms with van der Waals surface area (Å²) in [5, 5.41) is 10.4. The molecule has 0 bridgehead atoms. The number of piperidine rings is 1. The third-order valence-corrected chi connectivity index (χ3v) is 3.77. The Bertz CT molecular complexity index is 413. The maximum atomic E-state index is 11.4. The molecule has 4 heteroatoms. The van der Waals surface area contributed by atoms with E-state index in [9.17, 15) is 9.90 Å². The molecule has 1 aliphatic rings. The van der Waals surface area contributed by atoms with Crippen LogP contribution in [0.25, 0.3) is 0 Å². The fourth-order valence-electron chi connectivity index (χ4n) is 2.90. The van der Waals surface area contributed by atoms with Crippen LogP contribution in [0.5, 0.6) is 0 Å². The summed E-state index contributed by atoms with van der Waals surface area (Å²) < 4.78 is 0.505. The Hall–Kier alpha value is -1.39. The molecule has 0 spiro atoms. The molecule has 1 aromatic rings. The van der Waals surface area contributed by atoms with E-state index in [0.717, 1.165) is 31.5 Å². The Balaban J connectivity index is 2.09. The number of aliphatic hydroxyl groups is 1. The number of nitrogens with zero attached hydrogens (tertiary/aromatic N) is 1. The van der Waals surface area contributed by atoms with Crippen molar-refractivity contribution in [1.29, 1.82) is 0 Å². The molecule has 4 nitrogen and oxygen atoms in total. The maximum absolute atomic E-state index is 11.4. The monoisotopic (exact) mass is 263 g/mol. The molecule has 0 aromatic heterocycles. The van der Waals surface area contributed by atoms with Gasteiger partial charge in [-0.15, -0.1) is 0 Å². The van der Waals surface area contributed by atoms with Gasteiger partial charge in [0.25, 0.3) is 5.91 Å². The zero-order valence-electron chi connectivity index (χ0n) is 11.5. The Kier molecular flexibility index (Phi) is 4.56. The smallest absolute Gasteiger partial charge is 0.261 e. The van der Waals surface area contributed by atoms with Crippen LogP contribution in [0.2, 0.25) is 0 Å². The minimum atomic E-state index is -0.536. The summed E-state index contributed by atoms with van der Waals surface area (Å²) in [4.78, 5) is 11.4. The van der Waals surface area contributed by atoms with Crippen molar-refractivity contribution in [2.75, 3.05) is 19.6 Å². The van der Waals surface area contributed by atoms with Crippen molar-refractivity contribution in [3.8, 4) is 0 Å². The quantitative estimate of drug-likeness (QED) is 0.813. The molecule has 1 saturated heterocycles. The predicted molar refractivity (Wildman–Crippen MR) is 73.9 cm³/mol. The average Bonchev–Trinajstić information content (AvgIpc) is 2.39. The second-order valence-electron chi connectivity index (χ2n) is 5.43. The molecule has 19 heavy (non-hydrogen) atoms. The van der Waals surface area contributed by atoms with Gasteiger partial charge in [0, 0.05) is 6.92 Å². The van der Waals surface area contributed by atoms with Crippen molar-refractivity contribution in [3.63, 3.8) is 0 Å². The van der Waals surface area contributed by atoms with Crippen LogP contribution < -0.4 is 5.43 Å². The number of quaternary nitrogens is 1. The molecular formula is C15H23N2O2+. The second kappa shape index (κ2) is 6.17. The normalized spacial score (nSPS) is 19.7. The van der Waals surface area contributed by atoms with E-state index in [0.29, 0.717) is 11.1 Å². The zero-order valence-corrected chi connectivity index (χ0v) is 11.5. The van der Waals surface area contributed by atoms with Gasteiger partial charge in [0.15, 0.2) is 0 Å². The van der Waals surface area contributed by atoms with Crippen LogP contribution in [0.3, 0.4) is 0 Å². The molecule has 104 valence electrons. The maximum Gasteiger partial charge on any atom is 0.261 e. The summed E-state index contributed by atoms with van der Waals surface area (Å²) >= 11 is 0. The summed E-state index contributed by atoms with van der Waals surface area (Å²) in [6.07, 6.45) is 2.87. The number of amides is 1. The van der Waals surface area contributed by atoms with Crippen LogP contribution >= 0.6 is 0 Å². The lowest BCUT2D eigenvalue weighted by Crippen LogP contribution is -2.63. The number of benzene rings is 1. The lowest BCUT2D eigenvalue weighted by molar-refractivity contribution is -0.968. The van der Waals surface area contributed by atoms with E-state index in [4.69, 9.17) is 0 Å². The highest BCUT2D eigenvalue weighted by Gasteiger charge is 2.34. The van der Waals surface area contributed by atoms with Crippen LogP contribution in [0.1, 0.15) is 37.9 Å². The number of carbonyl (C=O) groups excluding carboxylic acids is 1. The lowest BCUT2D eigenvalue weighted by atomic mass is 10.1. The number of rotatable bonds is 4. The fourth-order valence-corrected chi connectivity index (χ4v) is 2.90. The fraction of sp³-hybridized carbons (Fsp3) is 0.533. The highest BCUT2D eigenvalue weighted by Crippen LogP contribution is 2.22. The van der Waals surface area contributed by atoms with Crippen molar-refractivity contribution < 1.29 is 14.5 Å². The first-order chi connectivity index (χ1) is 9.11. The molecule has 1 heterocycles. The molecule has 0 aliphatic carbocycles. The van der Waals surface area contributed by atoms with Crippen LogP contribution in [0, 0.1) is 0 Å². The van der Waals surface area contributed by atoms with Gasteiger partial charge < -0.3 is 5.11 Å². The van der Waals surface area contributed by atoms with Crippen LogP contribution in [-0.2, 0) is 4.79 Å². The van der Waals surface area contributed by atoms with Gasteiger partial charge >= 0.3 is 0 Å². The van der Waals surface area contributed by atoms with Gasteiger partial charge in [-0.3, -0.25) is 4.79 Å². The molecule has 1 aromatic carbocycles. The van der Waals surface area contributed by atoms with E-state index >= 15 is 0 Å². The Morgan fingerprint density at radius 1 is 1.26 bits per heavy atom. The zero-order chi connectivity index (χ0) is 13.7. The third-order valence-electron chi connectivity index (χ3n) is 3.77. The molecule has 1 aliphatic heterocycles. The van der Waals surface area contributed by atoms with Gasteiger partial charge in [-0.2, -0.15) is 0 Å². The highest BCUT2D eigenvalue weighted by atomic mass is 16.3. The number of carbonyl (C=O) groups is 1. The van der Waals surface area contributed by atoms with Crippen LogP contribution in [0.4, 0.5) is 0 Å². The number of hydrogen-bond donors (Lipinski definition) is 2. The van der Waals surface area contributed by atoms with E-state index in [2.05, 4.69) is 5.43 Å². The molecule has 1 fully saturated rings. The highest BCUT2D eigenvalue weighted by molar-refractivity contribution is 5.71. The summed E-state index contributed by atoms with van der Waals surface area (Å²) in [5.41, 5.74) is 3.95. The Morgan fingerprint density at radius 2 is 1.89 bits per heavy atom. The standard InChI is InChI=1S/C15H22N2O2/c1-13(18)16-17(10-6-3-7-11-17)12-15(19)14-8-4-2-5-9-14/h2,4-5,8-9,15,19H,3,6-7,10-12H2,1H3/p+1. The number of likely N-dealkylation sites (tertiary alicyclic amines) is 1. The third kappa shape index (κ3) is 3.78. The Morgan fingerprint density at radius 3 is 2.47 bits per heavy atom. The average molecular weight is 263 g/mol. The van der Waals surface area contributed by atoms with Crippen molar-refractivity contribution in [2.24, 2.45) is 0 Å². The van der Waals surface area contributed by atoms with E-state index in [1.807, 2.05) is 30.3 Å². The van der Waals surface area contributed by atoms with Gasteiger partial charge in [0.2, 0.25) is 0 Å². The minimum Gasteiger partial charge on any atom is -0.382 e. The summed E-state index contributed by atoms with van der Waals surface area (Å²) in [7, 11) is 0. The summed E-state index contributed by atoms with van der Waals surface area (Å²) in [6, 6.07) is 9.65. The molecule has 2 rings (SSSR count). The largest absolute Gasteiger partial charge is 0.382 e. The first-order valence-corrected chi connectivity index (χ1v) is 6.99. The van der Waals surface area contributed by atoms with E-state index < -0.39 is 6.10 Å². The number of aliphatic hydroxyl groups excluding tert-OH is 1. The summed E-state index contributed by atoms with van der Waals surface area (Å²) in [6.45, 7) is 3.90. The van der Waals surface area contributed by atoms with Gasteiger partial charge in [-0.1, -0.05) is 30.3 Å². The van der Waals surface area contributed by atoms with Gasteiger partial charge in [-0.05, 0) is 24.8 Å². The molecule has 0 saturated carbocycles. The van der Waals surface area contributed by atoms with Crippen molar-refractivity contribution >= 4 is 5.91 Å². The second-order valence-corrected chi connectivity index (χ2v) is 5.43. The Labute approximate surface area is 114 Å². The molecule has 1 atom stereocenters. The van der Waals surface area contributed by atoms with Crippen LogP contribution in [0.15, 0.2) is 30.3 Å². The van der Waals surface area contributed by atoms with Crippen molar-refractivity contribution in [3.05, 3.63) is 35.9 Å². The van der Waals surface area contributed by atoms with Crippen molar-refractivity contribution in [1.82, 2.24) is 5.43 Å². The first-order valence-electron chi connectivity index (χ1n) is 6.99. The number of nitrogens with one attached hydrogen (secondary N) is 1. The van der Waals surface area contributed by atoms with Gasteiger partial charge in [0.1, 0.15) is 25.7 Å². The topological polar surface area (TPSA) is 49.3 Å². The van der Waals surface area contributed by atoms with E-state index in [-0.39, 0.29) is 5.91 Å². The van der Waals surface area contributed by atoms with Crippen LogP contribution in [-0.4, -0.2) is 35.2 Å². The van der Waals surface area contributed by atoms with Gasteiger partial charge in [-0.25, -0.2) is 10.0 Å². The molecular weight excluding hydrogens is 240 g/mol. The van der Waals surface area contributed by atoms with E-state index in [1.165, 1.54) is 6.42 Å². The predicted octanol–water partition coefficient (Wildman–Crippen LogP) is 1.77. The minimum absolute atomic E-state index is 0.0258. The van der Waals surface area contributed by atoms with E-state index in [1.54, 1.807) is 6.92 Å². The molecule has 0 radical (unpaired) electrons.